The number of amides is 1. The van der Waals surface area contributed by atoms with Crippen molar-refractivity contribution in [1.29, 1.82) is 0 Å². The van der Waals surface area contributed by atoms with Crippen LogP contribution in [0.3, 0.4) is 0 Å². The Hall–Kier alpha value is -4.31. The lowest BCUT2D eigenvalue weighted by molar-refractivity contribution is 0.0681. The number of fused-ring (bicyclic) bond motifs is 2. The number of methoxy groups -OCH3 is 1. The van der Waals surface area contributed by atoms with Crippen LogP contribution in [-0.2, 0) is 4.74 Å². The molecule has 0 atom stereocenters. The van der Waals surface area contributed by atoms with Gasteiger partial charge in [0.1, 0.15) is 5.65 Å². The summed E-state index contributed by atoms with van der Waals surface area (Å²) in [6.45, 7) is 0. The zero-order valence-corrected chi connectivity index (χ0v) is 19.8. The van der Waals surface area contributed by atoms with Gasteiger partial charge in [-0.1, -0.05) is 0 Å². The number of carbonyl (C=O) groups excluding carboxylic acids is 1. The van der Waals surface area contributed by atoms with Crippen molar-refractivity contribution in [3.8, 4) is 11.1 Å². The van der Waals surface area contributed by atoms with Crippen molar-refractivity contribution >= 4 is 34.1 Å². The highest BCUT2D eigenvalue weighted by molar-refractivity contribution is 6.09. The molecule has 1 aliphatic carbocycles. The molecule has 3 N–H and O–H groups in total. The average Bonchev–Trinajstić information content (AvgIpc) is 3.53. The Morgan fingerprint density at radius 2 is 2.06 bits per heavy atom. The predicted molar refractivity (Wildman–Crippen MR) is 137 cm³/mol. The minimum Gasteiger partial charge on any atom is -0.381 e. The van der Waals surface area contributed by atoms with Gasteiger partial charge in [-0.2, -0.15) is 10.1 Å². The summed E-state index contributed by atoms with van der Waals surface area (Å²) in [5.41, 5.74) is 4.46. The van der Waals surface area contributed by atoms with Gasteiger partial charge in [0.05, 0.1) is 35.3 Å². The zero-order chi connectivity index (χ0) is 24.5. The highest BCUT2D eigenvalue weighted by atomic mass is 16.5. The number of rotatable bonds is 6. The second kappa shape index (κ2) is 9.38. The number of nitrogens with zero attached hydrogens (tertiary/aromatic N) is 5. The smallest absolute Gasteiger partial charge is 0.259 e. The lowest BCUT2D eigenvalue weighted by Crippen LogP contribution is -2.29. The summed E-state index contributed by atoms with van der Waals surface area (Å²) in [5.74, 6) is 0.380. The Kier molecular flexibility index (Phi) is 5.78. The molecule has 5 heterocycles. The maximum Gasteiger partial charge on any atom is 0.259 e. The van der Waals surface area contributed by atoms with Crippen molar-refractivity contribution in [3.05, 3.63) is 67.0 Å². The fourth-order valence-corrected chi connectivity index (χ4v) is 4.80. The average molecular weight is 483 g/mol. The topological polar surface area (TPSA) is 122 Å². The molecule has 0 spiro atoms. The number of nitrogens with one attached hydrogen (secondary N) is 3. The van der Waals surface area contributed by atoms with E-state index in [1.807, 2.05) is 30.7 Å². The van der Waals surface area contributed by atoms with E-state index < -0.39 is 0 Å². The Morgan fingerprint density at radius 3 is 2.86 bits per heavy atom. The third-order valence-corrected chi connectivity index (χ3v) is 6.77. The van der Waals surface area contributed by atoms with Gasteiger partial charge in [0.15, 0.2) is 0 Å². The van der Waals surface area contributed by atoms with E-state index in [9.17, 15) is 4.79 Å². The van der Waals surface area contributed by atoms with Crippen LogP contribution in [0, 0.1) is 0 Å². The van der Waals surface area contributed by atoms with E-state index in [0.29, 0.717) is 34.9 Å². The van der Waals surface area contributed by atoms with E-state index in [2.05, 4.69) is 30.7 Å². The first-order valence-electron chi connectivity index (χ1n) is 12.0. The molecule has 0 unspecified atom stereocenters. The fourth-order valence-electron chi connectivity index (χ4n) is 4.80. The van der Waals surface area contributed by atoms with Crippen LogP contribution in [0.25, 0.3) is 27.7 Å². The maximum absolute atomic E-state index is 12.9. The molecule has 0 radical (unpaired) electrons. The maximum atomic E-state index is 12.9. The predicted octanol–water partition coefficient (Wildman–Crippen LogP) is 4.29. The summed E-state index contributed by atoms with van der Waals surface area (Å²) < 4.78 is 7.15. The molecular weight excluding hydrogens is 456 g/mol. The van der Waals surface area contributed by atoms with Crippen molar-refractivity contribution in [3.63, 3.8) is 0 Å². The number of pyridine rings is 2. The number of aromatic amines is 1. The first-order chi connectivity index (χ1) is 17.7. The molecule has 182 valence electrons. The van der Waals surface area contributed by atoms with E-state index in [-0.39, 0.29) is 5.91 Å². The van der Waals surface area contributed by atoms with Crippen LogP contribution in [-0.4, -0.2) is 54.7 Å². The van der Waals surface area contributed by atoms with Gasteiger partial charge in [-0.15, -0.1) is 0 Å². The van der Waals surface area contributed by atoms with Crippen molar-refractivity contribution in [1.82, 2.24) is 29.5 Å². The monoisotopic (exact) mass is 482 g/mol. The van der Waals surface area contributed by atoms with Crippen LogP contribution < -0.4 is 10.6 Å². The number of ether oxygens (including phenoxy) is 1. The second-order valence-electron chi connectivity index (χ2n) is 9.01. The van der Waals surface area contributed by atoms with E-state index in [1.165, 1.54) is 0 Å². The molecule has 0 saturated heterocycles. The van der Waals surface area contributed by atoms with Crippen LogP contribution in [0.4, 0.5) is 11.6 Å². The van der Waals surface area contributed by atoms with E-state index in [1.54, 1.807) is 42.3 Å². The number of hydrogen-bond acceptors (Lipinski definition) is 7. The Morgan fingerprint density at radius 1 is 1.17 bits per heavy atom. The Labute approximate surface area is 207 Å². The summed E-state index contributed by atoms with van der Waals surface area (Å²) in [4.78, 5) is 29.5. The van der Waals surface area contributed by atoms with Crippen LogP contribution in [0.2, 0.25) is 0 Å². The minimum absolute atomic E-state index is 0.243. The first-order valence-corrected chi connectivity index (χ1v) is 12.0. The molecule has 1 amide bonds. The SMILES string of the molecule is CO[C@H]1CC[C@@H](Nc2ncc3c(-c4ccn5ncc(C(=O)Nc6cccnc6)c5c4)c[nH]c3n2)CC1. The summed E-state index contributed by atoms with van der Waals surface area (Å²) >= 11 is 0. The van der Waals surface area contributed by atoms with Gasteiger partial charge in [0, 0.05) is 48.9 Å². The van der Waals surface area contributed by atoms with Gasteiger partial charge in [-0.25, -0.2) is 9.50 Å². The molecule has 1 saturated carbocycles. The summed E-state index contributed by atoms with van der Waals surface area (Å²) in [5, 5.41) is 11.6. The highest BCUT2D eigenvalue weighted by Gasteiger charge is 2.22. The van der Waals surface area contributed by atoms with Gasteiger partial charge in [-0.05, 0) is 55.5 Å². The van der Waals surface area contributed by atoms with Crippen molar-refractivity contribution < 1.29 is 9.53 Å². The standard InChI is InChI=1S/C26H26N8O2/c1-36-19-6-4-17(5-7-19)32-26-29-14-21-20(13-28-24(21)33-26)16-8-10-34-23(11-16)22(15-30-34)25(35)31-18-3-2-9-27-12-18/h2-3,8-15,17,19H,4-7H2,1H3,(H,31,35)(H2,28,29,32,33)/t17-,19+. The molecule has 1 aliphatic rings. The Bertz CT molecular complexity index is 1520. The zero-order valence-electron chi connectivity index (χ0n) is 19.8. The van der Waals surface area contributed by atoms with Crippen LogP contribution in [0.15, 0.2) is 61.4 Å². The highest BCUT2D eigenvalue weighted by Crippen LogP contribution is 2.30. The van der Waals surface area contributed by atoms with Crippen LogP contribution in [0.5, 0.6) is 0 Å². The van der Waals surface area contributed by atoms with Crippen molar-refractivity contribution in [2.75, 3.05) is 17.7 Å². The molecule has 36 heavy (non-hydrogen) atoms. The quantitative estimate of drug-likeness (QED) is 0.330. The fraction of sp³-hybridized carbons (Fsp3) is 0.269. The minimum atomic E-state index is -0.243. The number of H-pyrrole nitrogens is 1. The van der Waals surface area contributed by atoms with Gasteiger partial charge in [-0.3, -0.25) is 9.78 Å². The summed E-state index contributed by atoms with van der Waals surface area (Å²) in [6, 6.07) is 7.83. The van der Waals surface area contributed by atoms with Crippen LogP contribution >= 0.6 is 0 Å². The lowest BCUT2D eigenvalue weighted by Gasteiger charge is -2.28. The van der Waals surface area contributed by atoms with E-state index >= 15 is 0 Å². The molecule has 5 aromatic rings. The van der Waals surface area contributed by atoms with Gasteiger partial charge in [0.2, 0.25) is 5.95 Å². The van der Waals surface area contributed by atoms with E-state index in [0.717, 1.165) is 47.8 Å². The number of aromatic nitrogens is 6. The number of carbonyl (C=O) groups is 1. The molecule has 5 aromatic heterocycles. The molecule has 6 rings (SSSR count). The van der Waals surface area contributed by atoms with Gasteiger partial charge >= 0.3 is 0 Å². The third-order valence-electron chi connectivity index (χ3n) is 6.77. The molecule has 10 nitrogen and oxygen atoms in total. The second-order valence-corrected chi connectivity index (χ2v) is 9.01. The summed E-state index contributed by atoms with van der Waals surface area (Å²) in [7, 11) is 1.78. The van der Waals surface area contributed by atoms with Gasteiger partial charge < -0.3 is 20.4 Å². The molecule has 10 heteroatoms. The van der Waals surface area contributed by atoms with Crippen molar-refractivity contribution in [2.24, 2.45) is 0 Å². The van der Waals surface area contributed by atoms with Crippen molar-refractivity contribution in [2.45, 2.75) is 37.8 Å². The largest absolute Gasteiger partial charge is 0.381 e. The normalized spacial score (nSPS) is 17.9. The number of anilines is 2. The molecule has 0 aromatic carbocycles. The first kappa shape index (κ1) is 22.2. The van der Waals surface area contributed by atoms with Gasteiger partial charge in [0.25, 0.3) is 5.91 Å². The Balaban J connectivity index is 1.25. The molecular formula is C26H26N8O2. The lowest BCUT2D eigenvalue weighted by atomic mass is 9.93. The van der Waals surface area contributed by atoms with Crippen LogP contribution in [0.1, 0.15) is 36.0 Å². The summed E-state index contributed by atoms with van der Waals surface area (Å²) in [6.07, 6.45) is 15.0. The van der Waals surface area contributed by atoms with E-state index in [4.69, 9.17) is 9.72 Å². The third kappa shape index (κ3) is 4.27. The molecule has 0 aliphatic heterocycles. The molecule has 0 bridgehead atoms. The number of hydrogen-bond donors (Lipinski definition) is 3. The molecule has 1 fully saturated rings.